The van der Waals surface area contributed by atoms with Crippen LogP contribution in [0.15, 0.2) is 35.9 Å². The molecule has 3 rings (SSSR count). The number of likely N-dealkylation sites (tertiary alicyclic amines) is 1. The number of aliphatic hydroxyl groups excluding tert-OH is 1. The van der Waals surface area contributed by atoms with Crippen LogP contribution in [0.1, 0.15) is 38.9 Å². The minimum Gasteiger partial charge on any atom is -0.507 e. The van der Waals surface area contributed by atoms with Gasteiger partial charge in [0.25, 0.3) is 11.7 Å². The summed E-state index contributed by atoms with van der Waals surface area (Å²) >= 11 is 0. The van der Waals surface area contributed by atoms with E-state index in [9.17, 15) is 19.5 Å². The first kappa shape index (κ1) is 22.3. The molecule has 0 bridgehead atoms. The van der Waals surface area contributed by atoms with Crippen LogP contribution in [0.4, 0.5) is 0 Å². The van der Waals surface area contributed by atoms with Crippen LogP contribution in [0.25, 0.3) is 5.76 Å². The van der Waals surface area contributed by atoms with Crippen LogP contribution in [0.3, 0.4) is 0 Å². The molecular formula is C23H28N3O5+. The zero-order valence-electron chi connectivity index (χ0n) is 18.4. The van der Waals surface area contributed by atoms with Crippen LogP contribution in [0, 0.1) is 13.8 Å². The SMILES string of the molecule is COC(=O)c1[nH]c(C)c(C(O)=C2C(=O)C(=O)N(CC[NH+](C)C)[C@@H]2c2ccccc2)c1C. The van der Waals surface area contributed by atoms with Crippen molar-refractivity contribution in [2.75, 3.05) is 34.3 Å². The number of H-pyrrole nitrogens is 1. The van der Waals surface area contributed by atoms with Crippen molar-refractivity contribution in [2.24, 2.45) is 0 Å². The molecule has 1 aromatic carbocycles. The number of quaternary nitrogens is 1. The number of hydrogen-bond donors (Lipinski definition) is 3. The fourth-order valence-corrected chi connectivity index (χ4v) is 3.98. The van der Waals surface area contributed by atoms with Gasteiger partial charge in [0.15, 0.2) is 0 Å². The number of carbonyl (C=O) groups is 3. The Kier molecular flexibility index (Phi) is 6.31. The third kappa shape index (κ3) is 3.98. The van der Waals surface area contributed by atoms with E-state index in [1.807, 2.05) is 44.4 Å². The van der Waals surface area contributed by atoms with Crippen molar-refractivity contribution < 1.29 is 29.1 Å². The quantitative estimate of drug-likeness (QED) is 0.277. The van der Waals surface area contributed by atoms with Gasteiger partial charge in [0, 0.05) is 11.3 Å². The summed E-state index contributed by atoms with van der Waals surface area (Å²) in [5.41, 5.74) is 2.24. The summed E-state index contributed by atoms with van der Waals surface area (Å²) < 4.78 is 4.79. The van der Waals surface area contributed by atoms with Crippen molar-refractivity contribution in [1.82, 2.24) is 9.88 Å². The normalized spacial score (nSPS) is 18.1. The zero-order valence-corrected chi connectivity index (χ0v) is 18.4. The molecule has 1 aliphatic rings. The number of esters is 1. The van der Waals surface area contributed by atoms with Gasteiger partial charge >= 0.3 is 5.97 Å². The lowest BCUT2D eigenvalue weighted by atomic mass is 9.94. The Bertz CT molecular complexity index is 1050. The number of aromatic nitrogens is 1. The highest BCUT2D eigenvalue weighted by Crippen LogP contribution is 2.40. The highest BCUT2D eigenvalue weighted by atomic mass is 16.5. The van der Waals surface area contributed by atoms with E-state index in [0.717, 1.165) is 10.5 Å². The standard InChI is InChI=1S/C23H27N3O5/c1-13-16(14(2)24-18(13)23(30)31-5)20(27)17-19(15-9-7-6-8-10-15)26(12-11-25(3)4)22(29)21(17)28/h6-10,19,24,27H,11-12H2,1-5H3/p+1/t19-/m1/s1. The van der Waals surface area contributed by atoms with Crippen LogP contribution in [0.5, 0.6) is 0 Å². The highest BCUT2D eigenvalue weighted by Gasteiger charge is 2.46. The van der Waals surface area contributed by atoms with Crippen molar-refractivity contribution in [3.05, 3.63) is 64.0 Å². The molecule has 1 atom stereocenters. The van der Waals surface area contributed by atoms with Crippen LogP contribution < -0.4 is 4.90 Å². The number of nitrogens with zero attached hydrogens (tertiary/aromatic N) is 1. The molecule has 2 heterocycles. The maximum absolute atomic E-state index is 13.1. The van der Waals surface area contributed by atoms with Gasteiger partial charge < -0.3 is 24.6 Å². The Morgan fingerprint density at radius 3 is 2.42 bits per heavy atom. The van der Waals surface area contributed by atoms with Gasteiger partial charge in [-0.3, -0.25) is 9.59 Å². The predicted octanol–water partition coefficient (Wildman–Crippen LogP) is 0.984. The Balaban J connectivity index is 2.20. The number of aliphatic hydroxyl groups is 1. The molecule has 8 nitrogen and oxygen atoms in total. The largest absolute Gasteiger partial charge is 0.507 e. The molecule has 1 saturated heterocycles. The maximum Gasteiger partial charge on any atom is 0.354 e. The maximum atomic E-state index is 13.1. The number of Topliss-reactive ketones (excluding diaryl/α,β-unsaturated/α-hetero) is 1. The first-order chi connectivity index (χ1) is 14.7. The number of benzene rings is 1. The molecular weight excluding hydrogens is 398 g/mol. The van der Waals surface area contributed by atoms with Crippen molar-refractivity contribution in [2.45, 2.75) is 19.9 Å². The molecule has 3 N–H and O–H groups in total. The lowest BCUT2D eigenvalue weighted by Gasteiger charge is -2.25. The number of methoxy groups -OCH3 is 1. The van der Waals surface area contributed by atoms with Crippen molar-refractivity contribution in [3.63, 3.8) is 0 Å². The van der Waals surface area contributed by atoms with E-state index in [4.69, 9.17) is 4.74 Å². The molecule has 1 aromatic heterocycles. The molecule has 1 amide bonds. The Labute approximate surface area is 181 Å². The van der Waals surface area contributed by atoms with E-state index in [0.29, 0.717) is 29.9 Å². The van der Waals surface area contributed by atoms with E-state index < -0.39 is 23.7 Å². The van der Waals surface area contributed by atoms with Gasteiger partial charge in [-0.25, -0.2) is 4.79 Å². The van der Waals surface area contributed by atoms with E-state index in [1.54, 1.807) is 13.8 Å². The average Bonchev–Trinajstić information content (AvgIpc) is 3.18. The monoisotopic (exact) mass is 426 g/mol. The number of carbonyl (C=O) groups excluding carboxylic acids is 3. The van der Waals surface area contributed by atoms with Crippen molar-refractivity contribution in [3.8, 4) is 0 Å². The number of hydrogen-bond acceptors (Lipinski definition) is 5. The third-order valence-corrected chi connectivity index (χ3v) is 5.57. The van der Waals surface area contributed by atoms with Crippen LogP contribution in [-0.2, 0) is 14.3 Å². The molecule has 2 aromatic rings. The van der Waals surface area contributed by atoms with Crippen LogP contribution in [0.2, 0.25) is 0 Å². The summed E-state index contributed by atoms with van der Waals surface area (Å²) in [7, 11) is 5.20. The van der Waals surface area contributed by atoms with Crippen molar-refractivity contribution >= 4 is 23.4 Å². The Hall–Kier alpha value is -3.39. The smallest absolute Gasteiger partial charge is 0.354 e. The second-order valence-corrected chi connectivity index (χ2v) is 7.98. The molecule has 0 spiro atoms. The summed E-state index contributed by atoms with van der Waals surface area (Å²) in [6.07, 6.45) is 0. The number of ketones is 1. The second kappa shape index (κ2) is 8.77. The minimum absolute atomic E-state index is 0.0200. The molecule has 0 saturated carbocycles. The number of likely N-dealkylation sites (N-methyl/N-ethyl adjacent to an activating group) is 1. The average molecular weight is 426 g/mol. The van der Waals surface area contributed by atoms with E-state index in [1.165, 1.54) is 12.0 Å². The Morgan fingerprint density at radius 1 is 1.19 bits per heavy atom. The van der Waals surface area contributed by atoms with E-state index in [2.05, 4.69) is 4.98 Å². The fourth-order valence-electron chi connectivity index (χ4n) is 3.98. The van der Waals surface area contributed by atoms with Gasteiger partial charge in [-0.05, 0) is 25.0 Å². The molecule has 164 valence electrons. The summed E-state index contributed by atoms with van der Waals surface area (Å²) in [6.45, 7) is 4.36. The number of rotatable bonds is 6. The van der Waals surface area contributed by atoms with Crippen LogP contribution >= 0.6 is 0 Å². The van der Waals surface area contributed by atoms with Gasteiger partial charge in [0.05, 0.1) is 45.9 Å². The summed E-state index contributed by atoms with van der Waals surface area (Å²) in [6, 6.07) is 8.45. The number of aromatic amines is 1. The summed E-state index contributed by atoms with van der Waals surface area (Å²) in [4.78, 5) is 43.6. The molecule has 1 fully saturated rings. The van der Waals surface area contributed by atoms with E-state index >= 15 is 0 Å². The number of ether oxygens (including phenoxy) is 1. The van der Waals surface area contributed by atoms with Gasteiger partial charge in [0.1, 0.15) is 11.5 Å². The van der Waals surface area contributed by atoms with Crippen molar-refractivity contribution in [1.29, 1.82) is 0 Å². The zero-order chi connectivity index (χ0) is 22.9. The van der Waals surface area contributed by atoms with E-state index in [-0.39, 0.29) is 17.0 Å². The molecule has 31 heavy (non-hydrogen) atoms. The molecule has 0 aliphatic carbocycles. The number of nitrogens with one attached hydrogen (secondary N) is 2. The predicted molar refractivity (Wildman–Crippen MR) is 115 cm³/mol. The van der Waals surface area contributed by atoms with Gasteiger partial charge in [-0.1, -0.05) is 30.3 Å². The van der Waals surface area contributed by atoms with Gasteiger partial charge in [-0.15, -0.1) is 0 Å². The topological polar surface area (TPSA) is 104 Å². The first-order valence-corrected chi connectivity index (χ1v) is 10.1. The molecule has 1 aliphatic heterocycles. The summed E-state index contributed by atoms with van der Waals surface area (Å²) in [5, 5.41) is 11.3. The fraction of sp³-hybridized carbons (Fsp3) is 0.348. The lowest BCUT2D eigenvalue weighted by Crippen LogP contribution is -3.06. The molecule has 0 radical (unpaired) electrons. The molecule has 8 heteroatoms. The van der Waals surface area contributed by atoms with Gasteiger partial charge in [0.2, 0.25) is 0 Å². The Morgan fingerprint density at radius 2 is 1.84 bits per heavy atom. The van der Waals surface area contributed by atoms with Gasteiger partial charge in [-0.2, -0.15) is 0 Å². The molecule has 0 unspecified atom stereocenters. The number of amides is 1. The number of aryl methyl sites for hydroxylation is 1. The minimum atomic E-state index is -0.736. The highest BCUT2D eigenvalue weighted by molar-refractivity contribution is 6.46. The second-order valence-electron chi connectivity index (χ2n) is 7.98. The van der Waals surface area contributed by atoms with Crippen LogP contribution in [-0.4, -0.2) is 66.9 Å². The summed E-state index contributed by atoms with van der Waals surface area (Å²) in [5.74, 6) is -2.25. The first-order valence-electron chi connectivity index (χ1n) is 10.1. The lowest BCUT2D eigenvalue weighted by molar-refractivity contribution is -0.857. The third-order valence-electron chi connectivity index (χ3n) is 5.57.